The molecule has 1 aromatic carbocycles. The monoisotopic (exact) mass is 269 g/mol. The van der Waals surface area contributed by atoms with Crippen molar-refractivity contribution < 1.29 is 14.7 Å². The first kappa shape index (κ1) is 14.5. The lowest BCUT2D eigenvalue weighted by Crippen LogP contribution is -2.24. The van der Waals surface area contributed by atoms with Crippen LogP contribution < -0.4 is 0 Å². The molecule has 98 valence electrons. The molecule has 1 unspecified atom stereocenters. The smallest absolute Gasteiger partial charge is 0.303 e. The fraction of sp³-hybridized carbons (Fsp3) is 0.385. The predicted octanol–water partition coefficient (Wildman–Crippen LogP) is 2.38. The zero-order chi connectivity index (χ0) is 13.7. The summed E-state index contributed by atoms with van der Waals surface area (Å²) in [5.41, 5.74) is 0.778. The third-order valence-electron chi connectivity index (χ3n) is 2.66. The molecule has 0 aliphatic rings. The van der Waals surface area contributed by atoms with E-state index in [2.05, 4.69) is 0 Å². The van der Waals surface area contributed by atoms with E-state index in [-0.39, 0.29) is 24.7 Å². The van der Waals surface area contributed by atoms with Crippen molar-refractivity contribution in [1.29, 1.82) is 0 Å². The van der Waals surface area contributed by atoms with Crippen molar-refractivity contribution in [3.8, 4) is 0 Å². The van der Waals surface area contributed by atoms with Gasteiger partial charge in [-0.15, -0.1) is 0 Å². The van der Waals surface area contributed by atoms with E-state index >= 15 is 0 Å². The molecule has 5 heteroatoms. The Hall–Kier alpha value is -1.55. The molecule has 4 nitrogen and oxygen atoms in total. The largest absolute Gasteiger partial charge is 0.481 e. The van der Waals surface area contributed by atoms with Gasteiger partial charge in [0.05, 0.1) is 6.42 Å². The number of aliphatic carboxylic acids is 1. The summed E-state index contributed by atoms with van der Waals surface area (Å²) in [4.78, 5) is 24.0. The quantitative estimate of drug-likeness (QED) is 0.893. The SMILES string of the molecule is CN(C)C(=O)CC(CC(=O)O)c1cccc(Cl)c1. The number of amides is 1. The van der Waals surface area contributed by atoms with Crippen molar-refractivity contribution in [2.45, 2.75) is 18.8 Å². The number of hydrogen-bond acceptors (Lipinski definition) is 2. The standard InChI is InChI=1S/C13H16ClNO3/c1-15(2)12(16)7-10(8-13(17)18)9-4-3-5-11(14)6-9/h3-6,10H,7-8H2,1-2H3,(H,17,18). The molecule has 0 saturated carbocycles. The topological polar surface area (TPSA) is 57.6 Å². The van der Waals surface area contributed by atoms with Crippen LogP contribution in [-0.2, 0) is 9.59 Å². The molecule has 0 aliphatic heterocycles. The van der Waals surface area contributed by atoms with Gasteiger partial charge in [-0.2, -0.15) is 0 Å². The normalized spacial score (nSPS) is 11.9. The van der Waals surface area contributed by atoms with E-state index < -0.39 is 5.97 Å². The van der Waals surface area contributed by atoms with Crippen molar-refractivity contribution in [3.05, 3.63) is 34.9 Å². The minimum absolute atomic E-state index is 0.0834. The van der Waals surface area contributed by atoms with Crippen LogP contribution in [0.15, 0.2) is 24.3 Å². The Morgan fingerprint density at radius 1 is 1.33 bits per heavy atom. The fourth-order valence-corrected chi connectivity index (χ4v) is 1.87. The summed E-state index contributed by atoms with van der Waals surface area (Å²) in [6.45, 7) is 0. The Kier molecular flexibility index (Phi) is 5.16. The molecule has 1 rings (SSSR count). The molecule has 1 atom stereocenters. The number of benzene rings is 1. The molecular weight excluding hydrogens is 254 g/mol. The van der Waals surface area contributed by atoms with Crippen molar-refractivity contribution in [2.24, 2.45) is 0 Å². The summed E-state index contributed by atoms with van der Waals surface area (Å²) < 4.78 is 0. The number of rotatable bonds is 5. The van der Waals surface area contributed by atoms with E-state index in [4.69, 9.17) is 16.7 Å². The molecule has 0 radical (unpaired) electrons. The molecule has 0 aromatic heterocycles. The third-order valence-corrected chi connectivity index (χ3v) is 2.90. The first-order valence-corrected chi connectivity index (χ1v) is 5.95. The van der Waals surface area contributed by atoms with E-state index in [0.717, 1.165) is 5.56 Å². The van der Waals surface area contributed by atoms with E-state index in [1.807, 2.05) is 0 Å². The highest BCUT2D eigenvalue weighted by molar-refractivity contribution is 6.30. The van der Waals surface area contributed by atoms with Crippen LogP contribution >= 0.6 is 11.6 Å². The zero-order valence-electron chi connectivity index (χ0n) is 10.4. The van der Waals surface area contributed by atoms with Gasteiger partial charge in [0.1, 0.15) is 0 Å². The summed E-state index contributed by atoms with van der Waals surface area (Å²) in [6, 6.07) is 6.98. The fourth-order valence-electron chi connectivity index (χ4n) is 1.67. The van der Waals surface area contributed by atoms with Crippen LogP contribution in [0, 0.1) is 0 Å². The number of carboxylic acids is 1. The average molecular weight is 270 g/mol. The molecule has 0 spiro atoms. The van der Waals surface area contributed by atoms with Crippen molar-refractivity contribution in [2.75, 3.05) is 14.1 Å². The van der Waals surface area contributed by atoms with Gasteiger partial charge in [0.25, 0.3) is 0 Å². The van der Waals surface area contributed by atoms with Gasteiger partial charge in [-0.1, -0.05) is 23.7 Å². The van der Waals surface area contributed by atoms with Crippen molar-refractivity contribution >= 4 is 23.5 Å². The Bertz CT molecular complexity index is 446. The number of carbonyl (C=O) groups excluding carboxylic acids is 1. The number of nitrogens with zero attached hydrogens (tertiary/aromatic N) is 1. The minimum Gasteiger partial charge on any atom is -0.481 e. The second kappa shape index (κ2) is 6.40. The maximum Gasteiger partial charge on any atom is 0.303 e. The number of hydrogen-bond donors (Lipinski definition) is 1. The predicted molar refractivity (Wildman–Crippen MR) is 69.8 cm³/mol. The molecule has 0 aliphatic carbocycles. The van der Waals surface area contributed by atoms with Gasteiger partial charge in [-0.3, -0.25) is 9.59 Å². The highest BCUT2D eigenvalue weighted by atomic mass is 35.5. The zero-order valence-corrected chi connectivity index (χ0v) is 11.1. The van der Waals surface area contributed by atoms with Crippen LogP contribution in [0.3, 0.4) is 0 Å². The molecule has 0 fully saturated rings. The maximum atomic E-state index is 11.7. The summed E-state index contributed by atoms with van der Waals surface area (Å²) in [6.07, 6.45) is 0.0829. The highest BCUT2D eigenvalue weighted by Gasteiger charge is 2.20. The van der Waals surface area contributed by atoms with Gasteiger partial charge < -0.3 is 10.0 Å². The van der Waals surface area contributed by atoms with E-state index in [1.54, 1.807) is 38.4 Å². The summed E-state index contributed by atoms with van der Waals surface area (Å²) in [5, 5.41) is 9.45. The Balaban J connectivity index is 2.91. The van der Waals surface area contributed by atoms with E-state index in [9.17, 15) is 9.59 Å². The Morgan fingerprint density at radius 3 is 2.50 bits per heavy atom. The molecule has 1 amide bonds. The van der Waals surface area contributed by atoms with Gasteiger partial charge in [0, 0.05) is 31.5 Å². The second-order valence-corrected chi connectivity index (χ2v) is 4.78. The average Bonchev–Trinajstić information content (AvgIpc) is 2.27. The first-order chi connectivity index (χ1) is 8.40. The van der Waals surface area contributed by atoms with Gasteiger partial charge in [-0.25, -0.2) is 0 Å². The molecule has 0 bridgehead atoms. The summed E-state index contributed by atoms with van der Waals surface area (Å²) in [7, 11) is 3.30. The van der Waals surface area contributed by atoms with Crippen LogP contribution in [0.25, 0.3) is 0 Å². The lowest BCUT2D eigenvalue weighted by Gasteiger charge is -2.18. The Labute approximate surface area is 111 Å². The number of carboxylic acid groups (broad SMARTS) is 1. The summed E-state index contributed by atoms with van der Waals surface area (Å²) >= 11 is 5.88. The highest BCUT2D eigenvalue weighted by Crippen LogP contribution is 2.26. The molecular formula is C13H16ClNO3. The molecule has 0 heterocycles. The van der Waals surface area contributed by atoms with Gasteiger partial charge in [0.2, 0.25) is 5.91 Å². The Morgan fingerprint density at radius 2 is 2.00 bits per heavy atom. The molecule has 1 N–H and O–H groups in total. The molecule has 1 aromatic rings. The van der Waals surface area contributed by atoms with Gasteiger partial charge in [-0.05, 0) is 17.7 Å². The van der Waals surface area contributed by atoms with Crippen molar-refractivity contribution in [3.63, 3.8) is 0 Å². The minimum atomic E-state index is -0.925. The molecule has 0 saturated heterocycles. The second-order valence-electron chi connectivity index (χ2n) is 4.34. The lowest BCUT2D eigenvalue weighted by atomic mass is 9.92. The first-order valence-electron chi connectivity index (χ1n) is 5.57. The van der Waals surface area contributed by atoms with Crippen LogP contribution in [-0.4, -0.2) is 36.0 Å². The summed E-state index contributed by atoms with van der Waals surface area (Å²) in [5.74, 6) is -1.37. The number of carbonyl (C=O) groups is 2. The van der Waals surface area contributed by atoms with Crippen LogP contribution in [0.4, 0.5) is 0 Å². The number of halogens is 1. The van der Waals surface area contributed by atoms with E-state index in [0.29, 0.717) is 5.02 Å². The maximum absolute atomic E-state index is 11.7. The van der Waals surface area contributed by atoms with Crippen LogP contribution in [0.2, 0.25) is 5.02 Å². The third kappa shape index (κ3) is 4.37. The lowest BCUT2D eigenvalue weighted by molar-refractivity contribution is -0.137. The van der Waals surface area contributed by atoms with Crippen LogP contribution in [0.1, 0.15) is 24.3 Å². The van der Waals surface area contributed by atoms with E-state index in [1.165, 1.54) is 4.90 Å². The van der Waals surface area contributed by atoms with Gasteiger partial charge >= 0.3 is 5.97 Å². The van der Waals surface area contributed by atoms with Crippen LogP contribution in [0.5, 0.6) is 0 Å². The van der Waals surface area contributed by atoms with Gasteiger partial charge in [0.15, 0.2) is 0 Å². The molecule has 18 heavy (non-hydrogen) atoms. The van der Waals surface area contributed by atoms with Crippen molar-refractivity contribution in [1.82, 2.24) is 4.90 Å².